The topological polar surface area (TPSA) is 37.3 Å². The Bertz CT molecular complexity index is 208. The molecule has 0 radical (unpaired) electrons. The van der Waals surface area contributed by atoms with Crippen molar-refractivity contribution in [3.63, 3.8) is 0 Å². The largest absolute Gasteiger partial charge is 0.481 e. The van der Waals surface area contributed by atoms with Crippen molar-refractivity contribution in [1.82, 2.24) is 0 Å². The molecule has 0 spiro atoms. The maximum absolute atomic E-state index is 10.6. The Hall–Kier alpha value is -0.500. The Morgan fingerprint density at radius 3 is 2.45 bits per heavy atom. The van der Waals surface area contributed by atoms with E-state index >= 15 is 0 Å². The van der Waals surface area contributed by atoms with Gasteiger partial charge in [-0.3, -0.25) is 4.79 Å². The van der Waals surface area contributed by atoms with Gasteiger partial charge >= 0.3 is 5.97 Å². The summed E-state index contributed by atoms with van der Waals surface area (Å²) in [4.78, 5) is 10.6. The van der Waals surface area contributed by atoms with Crippen molar-refractivity contribution in [2.75, 3.05) is 0 Å². The van der Waals surface area contributed by atoms with Gasteiger partial charge in [0.2, 0.25) is 0 Å². The maximum Gasteiger partial charge on any atom is 0.307 e. The Morgan fingerprint density at radius 1 is 1.64 bits per heavy atom. The zero-order chi connectivity index (χ0) is 8.65. The lowest BCUT2D eigenvalue weighted by Gasteiger charge is -1.95. The van der Waals surface area contributed by atoms with Gasteiger partial charge in [0.05, 0.1) is 5.92 Å². The van der Waals surface area contributed by atoms with E-state index in [1.807, 2.05) is 13.8 Å². The van der Waals surface area contributed by atoms with Crippen molar-refractivity contribution in [2.45, 2.75) is 13.8 Å². The van der Waals surface area contributed by atoms with Crippen molar-refractivity contribution in [2.24, 2.45) is 17.3 Å². The average Bonchev–Trinajstić information content (AvgIpc) is 2.35. The molecule has 2 nitrogen and oxygen atoms in total. The van der Waals surface area contributed by atoms with E-state index in [1.54, 1.807) is 6.08 Å². The van der Waals surface area contributed by atoms with Gasteiger partial charge in [0.1, 0.15) is 0 Å². The molecule has 0 aliphatic heterocycles. The number of halogens is 1. The molecular weight excluding hydrogens is 164 g/mol. The fourth-order valence-electron chi connectivity index (χ4n) is 1.59. The van der Waals surface area contributed by atoms with E-state index < -0.39 is 5.97 Å². The van der Waals surface area contributed by atoms with Crippen LogP contribution in [0.5, 0.6) is 0 Å². The molecule has 62 valence electrons. The number of carbonyl (C=O) groups is 1. The minimum absolute atomic E-state index is 0.109. The lowest BCUT2D eigenvalue weighted by atomic mass is 10.1. The van der Waals surface area contributed by atoms with Crippen LogP contribution < -0.4 is 0 Å². The van der Waals surface area contributed by atoms with Gasteiger partial charge in [0.25, 0.3) is 0 Å². The summed E-state index contributed by atoms with van der Waals surface area (Å²) in [7, 11) is 0. The van der Waals surface area contributed by atoms with Gasteiger partial charge in [-0.15, -0.1) is 0 Å². The minimum Gasteiger partial charge on any atom is -0.481 e. The standard InChI is InChI=1S/C8H11ClO2/c1-8(2)5(3-4-9)6(8)7(10)11/h3-6H,1-2H3,(H,10,11). The second kappa shape index (κ2) is 2.52. The molecule has 1 aliphatic carbocycles. The summed E-state index contributed by atoms with van der Waals surface area (Å²) in [6.45, 7) is 3.88. The number of hydrogen-bond donors (Lipinski definition) is 1. The van der Waals surface area contributed by atoms with E-state index in [9.17, 15) is 4.79 Å². The summed E-state index contributed by atoms with van der Waals surface area (Å²) in [5.74, 6) is -0.871. The second-order valence-corrected chi connectivity index (χ2v) is 3.73. The van der Waals surface area contributed by atoms with Crippen LogP contribution in [0.1, 0.15) is 13.8 Å². The van der Waals surface area contributed by atoms with Crippen molar-refractivity contribution >= 4 is 17.6 Å². The van der Waals surface area contributed by atoms with E-state index in [0.29, 0.717) is 0 Å². The molecule has 3 heteroatoms. The summed E-state index contributed by atoms with van der Waals surface area (Å²) in [5.41, 5.74) is 1.28. The number of hydrogen-bond acceptors (Lipinski definition) is 1. The second-order valence-electron chi connectivity index (χ2n) is 3.48. The molecule has 0 aromatic rings. The van der Waals surface area contributed by atoms with E-state index in [-0.39, 0.29) is 17.3 Å². The predicted octanol–water partition coefficient (Wildman–Crippen LogP) is 2.10. The zero-order valence-electron chi connectivity index (χ0n) is 6.54. The molecule has 0 aromatic carbocycles. The van der Waals surface area contributed by atoms with Gasteiger partial charge in [-0.25, -0.2) is 0 Å². The highest BCUT2D eigenvalue weighted by molar-refractivity contribution is 6.25. The summed E-state index contributed by atoms with van der Waals surface area (Å²) in [5, 5.41) is 8.71. The smallest absolute Gasteiger partial charge is 0.307 e. The molecule has 1 saturated carbocycles. The van der Waals surface area contributed by atoms with Gasteiger partial charge in [-0.1, -0.05) is 31.5 Å². The fraction of sp³-hybridized carbons (Fsp3) is 0.625. The van der Waals surface area contributed by atoms with E-state index in [4.69, 9.17) is 16.7 Å². The van der Waals surface area contributed by atoms with Crippen LogP contribution in [0.4, 0.5) is 0 Å². The first-order valence-electron chi connectivity index (χ1n) is 3.51. The molecule has 0 aromatic heterocycles. The van der Waals surface area contributed by atoms with Crippen LogP contribution in [-0.2, 0) is 4.79 Å². The van der Waals surface area contributed by atoms with Gasteiger partial charge in [0, 0.05) is 5.54 Å². The number of carboxylic acid groups (broad SMARTS) is 1. The van der Waals surface area contributed by atoms with Crippen molar-refractivity contribution in [3.05, 3.63) is 11.6 Å². The van der Waals surface area contributed by atoms with E-state index in [1.165, 1.54) is 5.54 Å². The van der Waals surface area contributed by atoms with Crippen LogP contribution in [0, 0.1) is 17.3 Å². The molecule has 1 fully saturated rings. The van der Waals surface area contributed by atoms with Crippen molar-refractivity contribution in [1.29, 1.82) is 0 Å². The summed E-state index contributed by atoms with van der Waals surface area (Å²) in [6.07, 6.45) is 1.75. The first kappa shape index (κ1) is 8.60. The quantitative estimate of drug-likeness (QED) is 0.696. The molecule has 0 amide bonds. The monoisotopic (exact) mass is 174 g/mol. The minimum atomic E-state index is -0.727. The molecule has 2 atom stereocenters. The molecular formula is C8H11ClO2. The third kappa shape index (κ3) is 1.27. The molecule has 2 unspecified atom stereocenters. The molecule has 1 N–H and O–H groups in total. The highest BCUT2D eigenvalue weighted by Crippen LogP contribution is 2.59. The van der Waals surface area contributed by atoms with E-state index in [2.05, 4.69) is 0 Å². The van der Waals surface area contributed by atoms with Crippen LogP contribution in [0.15, 0.2) is 11.6 Å². The van der Waals surface area contributed by atoms with Crippen LogP contribution in [0.25, 0.3) is 0 Å². The normalized spacial score (nSPS) is 34.1. The van der Waals surface area contributed by atoms with Crippen molar-refractivity contribution in [3.8, 4) is 0 Å². The third-order valence-corrected chi connectivity index (χ3v) is 2.60. The first-order valence-corrected chi connectivity index (χ1v) is 3.95. The number of rotatable bonds is 2. The lowest BCUT2D eigenvalue weighted by molar-refractivity contribution is -0.139. The molecule has 0 bridgehead atoms. The predicted molar refractivity (Wildman–Crippen MR) is 43.4 cm³/mol. The van der Waals surface area contributed by atoms with Gasteiger partial charge in [-0.2, -0.15) is 0 Å². The Balaban J connectivity index is 2.68. The van der Waals surface area contributed by atoms with Gasteiger partial charge < -0.3 is 5.11 Å². The molecule has 1 rings (SSSR count). The fourth-order valence-corrected chi connectivity index (χ4v) is 1.74. The highest BCUT2D eigenvalue weighted by Gasteiger charge is 2.60. The number of aliphatic carboxylic acids is 1. The van der Waals surface area contributed by atoms with Crippen molar-refractivity contribution < 1.29 is 9.90 Å². The molecule has 0 heterocycles. The van der Waals surface area contributed by atoms with Crippen LogP contribution >= 0.6 is 11.6 Å². The Kier molecular flexibility index (Phi) is 1.97. The average molecular weight is 175 g/mol. The SMILES string of the molecule is CC1(C)C(C=CCl)C1C(=O)O. The first-order chi connectivity index (χ1) is 5.01. The Labute approximate surface area is 70.9 Å². The zero-order valence-corrected chi connectivity index (χ0v) is 7.30. The molecule has 1 aliphatic rings. The van der Waals surface area contributed by atoms with Crippen LogP contribution in [0.3, 0.4) is 0 Å². The van der Waals surface area contributed by atoms with Crippen LogP contribution in [-0.4, -0.2) is 11.1 Å². The van der Waals surface area contributed by atoms with Gasteiger partial charge in [0.15, 0.2) is 0 Å². The lowest BCUT2D eigenvalue weighted by Crippen LogP contribution is -2.02. The highest BCUT2D eigenvalue weighted by atomic mass is 35.5. The summed E-state index contributed by atoms with van der Waals surface area (Å²) in [6, 6.07) is 0. The maximum atomic E-state index is 10.6. The van der Waals surface area contributed by atoms with E-state index in [0.717, 1.165) is 0 Å². The summed E-state index contributed by atoms with van der Waals surface area (Å²) >= 11 is 5.36. The summed E-state index contributed by atoms with van der Waals surface area (Å²) < 4.78 is 0. The van der Waals surface area contributed by atoms with Crippen LogP contribution in [0.2, 0.25) is 0 Å². The number of allylic oxidation sites excluding steroid dienone is 1. The third-order valence-electron chi connectivity index (χ3n) is 2.46. The molecule has 0 saturated heterocycles. The Morgan fingerprint density at radius 2 is 2.18 bits per heavy atom. The molecule has 11 heavy (non-hydrogen) atoms. The number of carboxylic acids is 1. The van der Waals surface area contributed by atoms with Gasteiger partial charge in [-0.05, 0) is 11.3 Å².